The fourth-order valence-corrected chi connectivity index (χ4v) is 1.74. The van der Waals surface area contributed by atoms with Crippen molar-refractivity contribution in [1.82, 2.24) is 5.32 Å². The maximum atomic E-state index is 10.8. The van der Waals surface area contributed by atoms with Gasteiger partial charge in [-0.3, -0.25) is 4.79 Å². The van der Waals surface area contributed by atoms with Crippen LogP contribution in [-0.2, 0) is 4.79 Å². The molecular formula is C9H12ClNO3. The number of carboxylic acids is 1. The van der Waals surface area contributed by atoms with E-state index in [4.69, 9.17) is 9.52 Å². The van der Waals surface area contributed by atoms with E-state index in [0.29, 0.717) is 13.1 Å². The van der Waals surface area contributed by atoms with Crippen molar-refractivity contribution >= 4 is 18.4 Å². The Morgan fingerprint density at radius 1 is 1.57 bits per heavy atom. The van der Waals surface area contributed by atoms with Gasteiger partial charge in [-0.05, 0) is 12.1 Å². The molecule has 2 atom stereocenters. The zero-order chi connectivity index (χ0) is 9.26. The molecule has 1 aromatic heterocycles. The van der Waals surface area contributed by atoms with Crippen molar-refractivity contribution in [3.63, 3.8) is 0 Å². The van der Waals surface area contributed by atoms with Crippen LogP contribution in [0.1, 0.15) is 11.7 Å². The maximum absolute atomic E-state index is 10.8. The first-order valence-electron chi connectivity index (χ1n) is 4.26. The minimum Gasteiger partial charge on any atom is -0.481 e. The molecule has 0 spiro atoms. The predicted octanol–water partition coefficient (Wildman–Crippen LogP) is 1.09. The van der Waals surface area contributed by atoms with Gasteiger partial charge in [0.05, 0.1) is 12.2 Å². The second kappa shape index (κ2) is 4.48. The standard InChI is InChI=1S/C9H11NO3.ClH/c11-9(12)7-5-10-4-6(7)8-2-1-3-13-8;/h1-3,6-7,10H,4-5H2,(H,11,12);1H. The Bertz CT molecular complexity index is 299. The molecule has 1 aliphatic rings. The molecule has 2 unspecified atom stereocenters. The smallest absolute Gasteiger partial charge is 0.308 e. The van der Waals surface area contributed by atoms with Crippen LogP contribution in [0.5, 0.6) is 0 Å². The van der Waals surface area contributed by atoms with Crippen molar-refractivity contribution in [2.24, 2.45) is 5.92 Å². The molecule has 0 bridgehead atoms. The molecule has 0 aromatic carbocycles. The Morgan fingerprint density at radius 3 is 2.93 bits per heavy atom. The van der Waals surface area contributed by atoms with Gasteiger partial charge in [0.15, 0.2) is 0 Å². The molecule has 14 heavy (non-hydrogen) atoms. The van der Waals surface area contributed by atoms with E-state index in [1.807, 2.05) is 6.07 Å². The molecule has 2 heterocycles. The van der Waals surface area contributed by atoms with Crippen LogP contribution in [0.3, 0.4) is 0 Å². The molecule has 5 heteroatoms. The Hall–Kier alpha value is -1.00. The molecule has 1 aliphatic heterocycles. The third-order valence-electron chi connectivity index (χ3n) is 2.44. The van der Waals surface area contributed by atoms with Crippen molar-refractivity contribution in [3.8, 4) is 0 Å². The van der Waals surface area contributed by atoms with Gasteiger partial charge in [0, 0.05) is 19.0 Å². The third-order valence-corrected chi connectivity index (χ3v) is 2.44. The van der Waals surface area contributed by atoms with Crippen molar-refractivity contribution in [1.29, 1.82) is 0 Å². The van der Waals surface area contributed by atoms with Crippen LogP contribution in [0.15, 0.2) is 22.8 Å². The highest BCUT2D eigenvalue weighted by Crippen LogP contribution is 2.28. The molecule has 1 saturated heterocycles. The van der Waals surface area contributed by atoms with E-state index in [2.05, 4.69) is 5.32 Å². The number of hydrogen-bond acceptors (Lipinski definition) is 3. The summed E-state index contributed by atoms with van der Waals surface area (Å²) in [6.07, 6.45) is 1.58. The first kappa shape index (κ1) is 11.1. The number of hydrogen-bond donors (Lipinski definition) is 2. The highest BCUT2D eigenvalue weighted by atomic mass is 35.5. The van der Waals surface area contributed by atoms with Gasteiger partial charge in [0.2, 0.25) is 0 Å². The minimum atomic E-state index is -0.758. The quantitative estimate of drug-likeness (QED) is 0.779. The van der Waals surface area contributed by atoms with Crippen LogP contribution >= 0.6 is 12.4 Å². The third kappa shape index (κ3) is 1.91. The van der Waals surface area contributed by atoms with Crippen LogP contribution in [0.25, 0.3) is 0 Å². The Balaban J connectivity index is 0.000000980. The van der Waals surface area contributed by atoms with Gasteiger partial charge in [-0.25, -0.2) is 0 Å². The Kier molecular flexibility index (Phi) is 3.55. The van der Waals surface area contributed by atoms with Gasteiger partial charge in [-0.1, -0.05) is 0 Å². The van der Waals surface area contributed by atoms with Gasteiger partial charge < -0.3 is 14.8 Å². The number of halogens is 1. The lowest BCUT2D eigenvalue weighted by atomic mass is 9.94. The van der Waals surface area contributed by atoms with Gasteiger partial charge >= 0.3 is 5.97 Å². The Labute approximate surface area is 87.7 Å². The maximum Gasteiger partial charge on any atom is 0.308 e. The molecule has 2 N–H and O–H groups in total. The van der Waals surface area contributed by atoms with Gasteiger partial charge in [-0.2, -0.15) is 0 Å². The molecule has 2 rings (SSSR count). The minimum absolute atomic E-state index is 0. The summed E-state index contributed by atoms with van der Waals surface area (Å²) < 4.78 is 5.19. The number of furan rings is 1. The summed E-state index contributed by atoms with van der Waals surface area (Å²) in [6, 6.07) is 3.61. The summed E-state index contributed by atoms with van der Waals surface area (Å²) in [4.78, 5) is 10.8. The van der Waals surface area contributed by atoms with E-state index in [0.717, 1.165) is 5.76 Å². The fourth-order valence-electron chi connectivity index (χ4n) is 1.74. The lowest BCUT2D eigenvalue weighted by Gasteiger charge is -2.10. The van der Waals surface area contributed by atoms with Crippen molar-refractivity contribution in [3.05, 3.63) is 24.2 Å². The predicted molar refractivity (Wildman–Crippen MR) is 52.7 cm³/mol. The number of rotatable bonds is 2. The van der Waals surface area contributed by atoms with E-state index in [-0.39, 0.29) is 24.2 Å². The molecule has 4 nitrogen and oxygen atoms in total. The largest absolute Gasteiger partial charge is 0.481 e. The first-order valence-corrected chi connectivity index (χ1v) is 4.26. The summed E-state index contributed by atoms with van der Waals surface area (Å²) in [7, 11) is 0. The normalized spacial score (nSPS) is 25.7. The van der Waals surface area contributed by atoms with Gasteiger partial charge in [0.25, 0.3) is 0 Å². The van der Waals surface area contributed by atoms with Crippen LogP contribution in [-0.4, -0.2) is 24.2 Å². The zero-order valence-corrected chi connectivity index (χ0v) is 8.29. The van der Waals surface area contributed by atoms with E-state index in [1.54, 1.807) is 12.3 Å². The van der Waals surface area contributed by atoms with Gasteiger partial charge in [0.1, 0.15) is 5.76 Å². The molecule has 1 fully saturated rings. The SMILES string of the molecule is Cl.O=C(O)C1CNCC1c1ccco1. The summed E-state index contributed by atoms with van der Waals surface area (Å²) in [5.74, 6) is -0.373. The topological polar surface area (TPSA) is 62.5 Å². The average molecular weight is 218 g/mol. The van der Waals surface area contributed by atoms with E-state index in [9.17, 15) is 4.79 Å². The molecule has 0 amide bonds. The van der Waals surface area contributed by atoms with E-state index < -0.39 is 5.97 Å². The molecular weight excluding hydrogens is 206 g/mol. The fraction of sp³-hybridized carbons (Fsp3) is 0.444. The number of carbonyl (C=O) groups is 1. The molecule has 1 aromatic rings. The van der Waals surface area contributed by atoms with Crippen LogP contribution in [0.2, 0.25) is 0 Å². The number of aliphatic carboxylic acids is 1. The summed E-state index contributed by atoms with van der Waals surface area (Å²) in [6.45, 7) is 1.21. The monoisotopic (exact) mass is 217 g/mol. The molecule has 0 radical (unpaired) electrons. The van der Waals surface area contributed by atoms with Crippen LogP contribution in [0, 0.1) is 5.92 Å². The molecule has 0 aliphatic carbocycles. The summed E-state index contributed by atoms with van der Waals surface area (Å²) >= 11 is 0. The van der Waals surface area contributed by atoms with Crippen molar-refractivity contribution in [2.75, 3.05) is 13.1 Å². The first-order chi connectivity index (χ1) is 6.29. The van der Waals surface area contributed by atoms with E-state index in [1.165, 1.54) is 0 Å². The van der Waals surface area contributed by atoms with Gasteiger partial charge in [-0.15, -0.1) is 12.4 Å². The second-order valence-corrected chi connectivity index (χ2v) is 3.22. The highest BCUT2D eigenvalue weighted by molar-refractivity contribution is 5.85. The number of nitrogens with one attached hydrogen (secondary N) is 1. The summed E-state index contributed by atoms with van der Waals surface area (Å²) in [5.41, 5.74) is 0. The average Bonchev–Trinajstić information content (AvgIpc) is 2.74. The summed E-state index contributed by atoms with van der Waals surface area (Å²) in [5, 5.41) is 12.0. The van der Waals surface area contributed by atoms with Crippen molar-refractivity contribution < 1.29 is 14.3 Å². The zero-order valence-electron chi connectivity index (χ0n) is 7.47. The second-order valence-electron chi connectivity index (χ2n) is 3.22. The van der Waals surface area contributed by atoms with E-state index >= 15 is 0 Å². The highest BCUT2D eigenvalue weighted by Gasteiger charge is 2.35. The lowest BCUT2D eigenvalue weighted by Crippen LogP contribution is -2.20. The Morgan fingerprint density at radius 2 is 2.36 bits per heavy atom. The molecule has 78 valence electrons. The molecule has 0 saturated carbocycles. The van der Waals surface area contributed by atoms with Crippen molar-refractivity contribution in [2.45, 2.75) is 5.92 Å². The number of carboxylic acid groups (broad SMARTS) is 1. The van der Waals surface area contributed by atoms with Crippen LogP contribution in [0.4, 0.5) is 0 Å². The lowest BCUT2D eigenvalue weighted by molar-refractivity contribution is -0.141. The van der Waals surface area contributed by atoms with Crippen LogP contribution < -0.4 is 5.32 Å².